The van der Waals surface area contributed by atoms with Crippen LogP contribution >= 0.6 is 0 Å². The van der Waals surface area contributed by atoms with Crippen LogP contribution in [0.25, 0.3) is 0 Å². The van der Waals surface area contributed by atoms with Crippen molar-refractivity contribution >= 4 is 15.7 Å². The lowest BCUT2D eigenvalue weighted by Gasteiger charge is -2.28. The molecule has 0 spiro atoms. The maximum Gasteiger partial charge on any atom is 0.264 e. The zero-order chi connectivity index (χ0) is 19.3. The fourth-order valence-corrected chi connectivity index (χ4v) is 4.24. The molecule has 0 unspecified atom stereocenters. The Hall–Kier alpha value is -2.09. The topological polar surface area (TPSA) is 71.3 Å². The number of aliphatic hydroxyl groups excluding tert-OH is 1. The lowest BCUT2D eigenvalue weighted by atomic mass is 10.2. The summed E-state index contributed by atoms with van der Waals surface area (Å²) in [6, 6.07) is 13.6. The van der Waals surface area contributed by atoms with Crippen LogP contribution in [0, 0.1) is 6.92 Å². The number of aliphatic hydroxyl groups is 1. The number of nitrogens with one attached hydrogen (secondary N) is 1. The van der Waals surface area contributed by atoms with E-state index >= 15 is 0 Å². The second-order valence-corrected chi connectivity index (χ2v) is 8.45. The largest absolute Gasteiger partial charge is 0.495 e. The van der Waals surface area contributed by atoms with Gasteiger partial charge < -0.3 is 14.7 Å². The number of rotatable bonds is 8. The van der Waals surface area contributed by atoms with Gasteiger partial charge in [0.1, 0.15) is 18.4 Å². The zero-order valence-electron chi connectivity index (χ0n) is 15.6. The van der Waals surface area contributed by atoms with Crippen LogP contribution in [0.2, 0.25) is 0 Å². The third kappa shape index (κ3) is 4.75. The van der Waals surface area contributed by atoms with Gasteiger partial charge in [0.2, 0.25) is 0 Å². The smallest absolute Gasteiger partial charge is 0.264 e. The van der Waals surface area contributed by atoms with E-state index in [0.717, 1.165) is 10.5 Å². The van der Waals surface area contributed by atoms with E-state index in [1.54, 1.807) is 48.5 Å². The number of anilines is 1. The summed E-state index contributed by atoms with van der Waals surface area (Å²) >= 11 is 0. The van der Waals surface area contributed by atoms with Gasteiger partial charge in [0, 0.05) is 0 Å². The molecule has 0 radical (unpaired) electrons. The number of ether oxygens (including phenoxy) is 1. The number of hydrogen-bond acceptors (Lipinski definition) is 4. The van der Waals surface area contributed by atoms with Crippen LogP contribution in [0.15, 0.2) is 53.4 Å². The highest BCUT2D eigenvalue weighted by Crippen LogP contribution is 2.32. The first-order valence-corrected chi connectivity index (χ1v) is 9.89. The summed E-state index contributed by atoms with van der Waals surface area (Å²) in [5.74, 6) is 0.438. The molecule has 26 heavy (non-hydrogen) atoms. The van der Waals surface area contributed by atoms with Crippen molar-refractivity contribution in [3.8, 4) is 5.75 Å². The Bertz CT molecular complexity index is 820. The second-order valence-electron chi connectivity index (χ2n) is 6.59. The summed E-state index contributed by atoms with van der Waals surface area (Å²) in [4.78, 5) is 1.21. The fourth-order valence-electron chi connectivity index (χ4n) is 2.73. The molecule has 0 aliphatic carbocycles. The minimum atomic E-state index is -3.85. The Morgan fingerprint density at radius 1 is 1.12 bits per heavy atom. The predicted octanol–water partition coefficient (Wildman–Crippen LogP) is 0.704. The molecule has 6 nitrogen and oxygen atoms in total. The molecule has 2 rings (SSSR count). The molecule has 0 aromatic heterocycles. The average molecular weight is 380 g/mol. The third-order valence-corrected chi connectivity index (χ3v) is 5.78. The number of aryl methyl sites for hydroxylation is 1. The first-order valence-electron chi connectivity index (χ1n) is 8.45. The highest BCUT2D eigenvalue weighted by Gasteiger charge is 2.29. The zero-order valence-corrected chi connectivity index (χ0v) is 16.5. The van der Waals surface area contributed by atoms with E-state index in [0.29, 0.717) is 18.0 Å². The summed E-state index contributed by atoms with van der Waals surface area (Å²) in [6.07, 6.45) is -0.815. The first-order chi connectivity index (χ1) is 12.3. The van der Waals surface area contributed by atoms with Gasteiger partial charge in [0.05, 0.1) is 38.3 Å². The lowest BCUT2D eigenvalue weighted by Crippen LogP contribution is -3.07. The molecule has 142 valence electrons. The first kappa shape index (κ1) is 20.2. The SMILES string of the molecule is COc1ccccc1N(C[C@@H](O)C[NH+](C)C)S(=O)(=O)c1ccc(C)cc1. The van der Waals surface area contributed by atoms with Gasteiger partial charge in [-0.1, -0.05) is 29.8 Å². The molecule has 0 amide bonds. The summed E-state index contributed by atoms with van der Waals surface area (Å²) in [5.41, 5.74) is 1.38. The van der Waals surface area contributed by atoms with Gasteiger partial charge in [-0.2, -0.15) is 0 Å². The molecular formula is C19H27N2O4S+. The molecule has 0 heterocycles. The van der Waals surface area contributed by atoms with E-state index in [1.807, 2.05) is 21.0 Å². The number of hydrogen-bond donors (Lipinski definition) is 2. The monoisotopic (exact) mass is 379 g/mol. The van der Waals surface area contributed by atoms with E-state index in [-0.39, 0.29) is 11.4 Å². The molecule has 0 saturated carbocycles. The Balaban J connectivity index is 2.50. The molecule has 7 heteroatoms. The Morgan fingerprint density at radius 3 is 2.31 bits per heavy atom. The molecule has 1 atom stereocenters. The molecule has 2 aromatic carbocycles. The number of benzene rings is 2. The number of quaternary nitrogens is 1. The van der Waals surface area contributed by atoms with Crippen LogP contribution in [0.3, 0.4) is 0 Å². The van der Waals surface area contributed by atoms with E-state index in [2.05, 4.69) is 0 Å². The van der Waals surface area contributed by atoms with Crippen LogP contribution in [-0.4, -0.2) is 53.9 Å². The number of para-hydroxylation sites is 2. The van der Waals surface area contributed by atoms with Crippen LogP contribution in [-0.2, 0) is 10.0 Å². The highest BCUT2D eigenvalue weighted by molar-refractivity contribution is 7.92. The van der Waals surface area contributed by atoms with Crippen molar-refractivity contribution < 1.29 is 23.2 Å². The Kier molecular flexibility index (Phi) is 6.63. The van der Waals surface area contributed by atoms with Gasteiger partial charge in [0.15, 0.2) is 0 Å². The molecule has 0 aliphatic rings. The van der Waals surface area contributed by atoms with Gasteiger partial charge in [-0.15, -0.1) is 0 Å². The maximum atomic E-state index is 13.3. The average Bonchev–Trinajstić information content (AvgIpc) is 2.59. The summed E-state index contributed by atoms with van der Waals surface area (Å²) < 4.78 is 33.1. The van der Waals surface area contributed by atoms with E-state index in [9.17, 15) is 13.5 Å². The van der Waals surface area contributed by atoms with E-state index in [1.165, 1.54) is 11.4 Å². The summed E-state index contributed by atoms with van der Waals surface area (Å²) in [6.45, 7) is 2.27. The van der Waals surface area contributed by atoms with Crippen molar-refractivity contribution in [1.82, 2.24) is 0 Å². The van der Waals surface area contributed by atoms with Crippen LogP contribution in [0.4, 0.5) is 5.69 Å². The molecule has 0 bridgehead atoms. The minimum Gasteiger partial charge on any atom is -0.495 e. The van der Waals surface area contributed by atoms with Crippen molar-refractivity contribution in [3.05, 3.63) is 54.1 Å². The lowest BCUT2D eigenvalue weighted by molar-refractivity contribution is -0.861. The summed E-state index contributed by atoms with van der Waals surface area (Å²) in [7, 11) is 1.46. The van der Waals surface area contributed by atoms with Crippen LogP contribution < -0.4 is 13.9 Å². The minimum absolute atomic E-state index is 0.0538. The van der Waals surface area contributed by atoms with Gasteiger partial charge >= 0.3 is 0 Å². The fraction of sp³-hybridized carbons (Fsp3) is 0.368. The number of likely N-dealkylation sites (N-methyl/N-ethyl adjacent to an activating group) is 1. The van der Waals surface area contributed by atoms with Crippen molar-refractivity contribution in [2.45, 2.75) is 17.9 Å². The molecule has 2 N–H and O–H groups in total. The van der Waals surface area contributed by atoms with Crippen molar-refractivity contribution in [2.24, 2.45) is 0 Å². The molecule has 0 aliphatic heterocycles. The number of methoxy groups -OCH3 is 1. The van der Waals surface area contributed by atoms with E-state index < -0.39 is 16.1 Å². The van der Waals surface area contributed by atoms with Gasteiger partial charge in [-0.3, -0.25) is 4.31 Å². The number of sulfonamides is 1. The molecule has 0 fully saturated rings. The van der Waals surface area contributed by atoms with Gasteiger partial charge in [-0.25, -0.2) is 8.42 Å². The van der Waals surface area contributed by atoms with Gasteiger partial charge in [-0.05, 0) is 31.2 Å². The van der Waals surface area contributed by atoms with Crippen LogP contribution in [0.1, 0.15) is 5.56 Å². The molecule has 2 aromatic rings. The second kappa shape index (κ2) is 8.53. The molecular weight excluding hydrogens is 352 g/mol. The normalized spacial score (nSPS) is 12.8. The summed E-state index contributed by atoms with van der Waals surface area (Å²) in [5, 5.41) is 10.4. The van der Waals surface area contributed by atoms with Gasteiger partial charge in [0.25, 0.3) is 10.0 Å². The standard InChI is InChI=1S/C19H26N2O4S/c1-15-9-11-17(12-10-15)26(23,24)21(14-16(22)13-20(2)3)18-7-5-6-8-19(18)25-4/h5-12,16,22H,13-14H2,1-4H3/p+1/t16-/m0/s1. The Morgan fingerprint density at radius 2 is 1.73 bits per heavy atom. The molecule has 0 saturated heterocycles. The highest BCUT2D eigenvalue weighted by atomic mass is 32.2. The van der Waals surface area contributed by atoms with Crippen LogP contribution in [0.5, 0.6) is 5.75 Å². The Labute approximate surface area is 155 Å². The quantitative estimate of drug-likeness (QED) is 0.709. The maximum absolute atomic E-state index is 13.3. The van der Waals surface area contributed by atoms with Crippen molar-refractivity contribution in [1.29, 1.82) is 0 Å². The van der Waals surface area contributed by atoms with E-state index in [4.69, 9.17) is 4.74 Å². The predicted molar refractivity (Wildman–Crippen MR) is 102 cm³/mol. The van der Waals surface area contributed by atoms with Crippen molar-refractivity contribution in [2.75, 3.05) is 38.6 Å². The van der Waals surface area contributed by atoms with Crippen molar-refractivity contribution in [3.63, 3.8) is 0 Å². The number of nitrogens with zero attached hydrogens (tertiary/aromatic N) is 1. The third-order valence-electron chi connectivity index (χ3n) is 3.98.